The average Bonchev–Trinajstić information content (AvgIpc) is 3.13. The van der Waals surface area contributed by atoms with Crippen LogP contribution in [0, 0.1) is 25.2 Å². The summed E-state index contributed by atoms with van der Waals surface area (Å²) in [5.74, 6) is -1.27. The molecule has 6 heteroatoms. The van der Waals surface area contributed by atoms with E-state index in [2.05, 4.69) is 5.32 Å². The van der Waals surface area contributed by atoms with E-state index in [1.807, 2.05) is 19.9 Å². The van der Waals surface area contributed by atoms with Crippen LogP contribution in [0.15, 0.2) is 18.2 Å². The van der Waals surface area contributed by atoms with Crippen molar-refractivity contribution in [2.24, 2.45) is 11.3 Å². The van der Waals surface area contributed by atoms with Crippen LogP contribution in [0.1, 0.15) is 40.7 Å². The van der Waals surface area contributed by atoms with Crippen molar-refractivity contribution in [3.05, 3.63) is 34.9 Å². The number of likely N-dealkylation sites (tertiary alicyclic amines) is 1. The van der Waals surface area contributed by atoms with E-state index in [4.69, 9.17) is 0 Å². The number of carboxylic acids is 1. The molecule has 2 aliphatic rings. The first-order chi connectivity index (χ1) is 11.8. The fraction of sp³-hybridized carbons (Fsp3) is 0.526. The Balaban J connectivity index is 1.59. The van der Waals surface area contributed by atoms with Crippen LogP contribution in [0.4, 0.5) is 0 Å². The van der Waals surface area contributed by atoms with E-state index in [-0.39, 0.29) is 30.8 Å². The number of aliphatic carboxylic acids is 1. The van der Waals surface area contributed by atoms with Crippen LogP contribution in [-0.2, 0) is 9.59 Å². The molecular formula is C19H24N2O4. The summed E-state index contributed by atoms with van der Waals surface area (Å²) in [7, 11) is 0. The molecule has 0 spiro atoms. The third-order valence-electron chi connectivity index (χ3n) is 5.82. The standard InChI is InChI=1S/C19H24N2O4/c1-12-5-6-14(8-13(12)2)17(23)20-9-16(22)21-10-15-4-3-7-19(15,11-21)18(24)25/h5-6,8,15H,3-4,7,9-11H2,1-2H3,(H,20,23)(H,24,25)/t15-,19+/m0/s1. The van der Waals surface area contributed by atoms with E-state index in [9.17, 15) is 19.5 Å². The van der Waals surface area contributed by atoms with Gasteiger partial charge in [0.1, 0.15) is 0 Å². The summed E-state index contributed by atoms with van der Waals surface area (Å²) in [5.41, 5.74) is 1.87. The number of hydrogen-bond donors (Lipinski definition) is 2. The van der Waals surface area contributed by atoms with Crippen molar-refractivity contribution in [1.82, 2.24) is 10.2 Å². The first-order valence-electron chi connectivity index (χ1n) is 8.70. The van der Waals surface area contributed by atoms with Crippen LogP contribution in [0.2, 0.25) is 0 Å². The fourth-order valence-corrected chi connectivity index (χ4v) is 4.08. The highest BCUT2D eigenvalue weighted by Crippen LogP contribution is 2.48. The highest BCUT2D eigenvalue weighted by atomic mass is 16.4. The smallest absolute Gasteiger partial charge is 0.311 e. The predicted octanol–water partition coefficient (Wildman–Crippen LogP) is 1.75. The van der Waals surface area contributed by atoms with Crippen molar-refractivity contribution < 1.29 is 19.5 Å². The Hall–Kier alpha value is -2.37. The van der Waals surface area contributed by atoms with E-state index in [1.54, 1.807) is 17.0 Å². The Labute approximate surface area is 147 Å². The molecule has 1 aromatic carbocycles. The lowest BCUT2D eigenvalue weighted by Crippen LogP contribution is -2.41. The topological polar surface area (TPSA) is 86.7 Å². The molecule has 2 N–H and O–H groups in total. The van der Waals surface area contributed by atoms with E-state index >= 15 is 0 Å². The maximum absolute atomic E-state index is 12.4. The van der Waals surface area contributed by atoms with E-state index in [0.717, 1.165) is 24.0 Å². The highest BCUT2D eigenvalue weighted by molar-refractivity contribution is 5.96. The Morgan fingerprint density at radius 3 is 2.68 bits per heavy atom. The molecule has 1 saturated heterocycles. The summed E-state index contributed by atoms with van der Waals surface area (Å²) in [5, 5.41) is 12.2. The number of carbonyl (C=O) groups excluding carboxylic acids is 2. The minimum Gasteiger partial charge on any atom is -0.481 e. The van der Waals surface area contributed by atoms with Gasteiger partial charge in [0.2, 0.25) is 5.91 Å². The van der Waals surface area contributed by atoms with Gasteiger partial charge >= 0.3 is 5.97 Å². The molecule has 0 radical (unpaired) electrons. The number of fused-ring (bicyclic) bond motifs is 1. The number of benzene rings is 1. The summed E-state index contributed by atoms with van der Waals surface area (Å²) in [4.78, 5) is 37.9. The maximum Gasteiger partial charge on any atom is 0.311 e. The molecule has 3 rings (SSSR count). The van der Waals surface area contributed by atoms with Gasteiger partial charge in [-0.25, -0.2) is 0 Å². The molecule has 1 aliphatic heterocycles. The third-order valence-corrected chi connectivity index (χ3v) is 5.82. The van der Waals surface area contributed by atoms with Gasteiger partial charge in [-0.15, -0.1) is 0 Å². The monoisotopic (exact) mass is 344 g/mol. The van der Waals surface area contributed by atoms with Crippen LogP contribution in [0.5, 0.6) is 0 Å². The fourth-order valence-electron chi connectivity index (χ4n) is 4.08. The lowest BCUT2D eigenvalue weighted by atomic mass is 9.81. The number of nitrogens with one attached hydrogen (secondary N) is 1. The predicted molar refractivity (Wildman–Crippen MR) is 92.2 cm³/mol. The molecule has 2 amide bonds. The third kappa shape index (κ3) is 3.13. The van der Waals surface area contributed by atoms with Gasteiger partial charge in [-0.2, -0.15) is 0 Å². The van der Waals surface area contributed by atoms with Crippen molar-refractivity contribution in [2.45, 2.75) is 33.1 Å². The van der Waals surface area contributed by atoms with Crippen LogP contribution in [0.25, 0.3) is 0 Å². The lowest BCUT2D eigenvalue weighted by molar-refractivity contribution is -0.149. The summed E-state index contributed by atoms with van der Waals surface area (Å²) in [6, 6.07) is 5.42. The lowest BCUT2D eigenvalue weighted by Gasteiger charge is -2.23. The maximum atomic E-state index is 12.4. The molecule has 134 valence electrons. The molecular weight excluding hydrogens is 320 g/mol. The van der Waals surface area contributed by atoms with Gasteiger partial charge < -0.3 is 15.3 Å². The number of aryl methyl sites for hydroxylation is 2. The van der Waals surface area contributed by atoms with Crippen molar-refractivity contribution >= 4 is 17.8 Å². The zero-order chi connectivity index (χ0) is 18.2. The zero-order valence-electron chi connectivity index (χ0n) is 14.7. The summed E-state index contributed by atoms with van der Waals surface area (Å²) < 4.78 is 0. The molecule has 2 fully saturated rings. The quantitative estimate of drug-likeness (QED) is 0.871. The molecule has 0 aromatic heterocycles. The van der Waals surface area contributed by atoms with Gasteiger partial charge in [-0.3, -0.25) is 14.4 Å². The molecule has 0 bridgehead atoms. The SMILES string of the molecule is Cc1ccc(C(=O)NCC(=O)N2C[C@@H]3CCC[C@@]3(C(=O)O)C2)cc1C. The van der Waals surface area contributed by atoms with Gasteiger partial charge in [0.25, 0.3) is 5.91 Å². The van der Waals surface area contributed by atoms with Crippen LogP contribution in [0.3, 0.4) is 0 Å². The number of carboxylic acid groups (broad SMARTS) is 1. The summed E-state index contributed by atoms with van der Waals surface area (Å²) in [6.45, 7) is 4.54. The first kappa shape index (κ1) is 17.5. The second kappa shape index (κ2) is 6.50. The summed E-state index contributed by atoms with van der Waals surface area (Å²) >= 11 is 0. The van der Waals surface area contributed by atoms with E-state index in [1.165, 1.54) is 0 Å². The number of carbonyl (C=O) groups is 3. The van der Waals surface area contributed by atoms with E-state index < -0.39 is 11.4 Å². The minimum absolute atomic E-state index is 0.0319. The van der Waals surface area contributed by atoms with Crippen LogP contribution >= 0.6 is 0 Å². The molecule has 0 unspecified atom stereocenters. The van der Waals surface area contributed by atoms with Gasteiger partial charge in [-0.05, 0) is 55.9 Å². The van der Waals surface area contributed by atoms with Gasteiger partial charge in [0, 0.05) is 18.7 Å². The second-order valence-corrected chi connectivity index (χ2v) is 7.31. The Morgan fingerprint density at radius 2 is 2.04 bits per heavy atom. The zero-order valence-corrected chi connectivity index (χ0v) is 14.7. The van der Waals surface area contributed by atoms with Crippen molar-refractivity contribution in [2.75, 3.05) is 19.6 Å². The Bertz CT molecular complexity index is 730. The van der Waals surface area contributed by atoms with Crippen molar-refractivity contribution in [1.29, 1.82) is 0 Å². The normalized spacial score (nSPS) is 24.9. The molecule has 25 heavy (non-hydrogen) atoms. The molecule has 2 atom stereocenters. The van der Waals surface area contributed by atoms with Gasteiger partial charge in [0.05, 0.1) is 12.0 Å². The van der Waals surface area contributed by atoms with E-state index in [0.29, 0.717) is 18.5 Å². The molecule has 1 saturated carbocycles. The highest BCUT2D eigenvalue weighted by Gasteiger charge is 2.55. The Morgan fingerprint density at radius 1 is 1.28 bits per heavy atom. The largest absolute Gasteiger partial charge is 0.481 e. The van der Waals surface area contributed by atoms with Gasteiger partial charge in [-0.1, -0.05) is 12.5 Å². The number of rotatable bonds is 4. The second-order valence-electron chi connectivity index (χ2n) is 7.31. The minimum atomic E-state index is -0.801. The van der Waals surface area contributed by atoms with Crippen molar-refractivity contribution in [3.63, 3.8) is 0 Å². The number of hydrogen-bond acceptors (Lipinski definition) is 3. The number of amides is 2. The van der Waals surface area contributed by atoms with Gasteiger partial charge in [0.15, 0.2) is 0 Å². The van der Waals surface area contributed by atoms with Crippen LogP contribution < -0.4 is 5.32 Å². The Kier molecular flexibility index (Phi) is 4.54. The number of nitrogens with zero attached hydrogens (tertiary/aromatic N) is 1. The van der Waals surface area contributed by atoms with Crippen molar-refractivity contribution in [3.8, 4) is 0 Å². The molecule has 6 nitrogen and oxygen atoms in total. The summed E-state index contributed by atoms with van der Waals surface area (Å²) in [6.07, 6.45) is 2.39. The molecule has 1 aromatic rings. The van der Waals surface area contributed by atoms with Crippen LogP contribution in [-0.4, -0.2) is 47.4 Å². The molecule has 1 heterocycles. The molecule has 1 aliphatic carbocycles. The average molecular weight is 344 g/mol. The first-order valence-corrected chi connectivity index (χ1v) is 8.70.